The second kappa shape index (κ2) is 2.46. The first-order chi connectivity index (χ1) is 5.29. The number of fused-ring (bicyclic) bond motifs is 1. The number of ether oxygens (including phenoxy) is 1. The van der Waals surface area contributed by atoms with E-state index in [-0.39, 0.29) is 5.41 Å². The Balaban J connectivity index is 2.22. The zero-order chi connectivity index (χ0) is 7.90. The topological polar surface area (TPSA) is 29.5 Å². The number of aliphatic hydroxyl groups excluding tert-OH is 1. The van der Waals surface area contributed by atoms with Gasteiger partial charge in [0.05, 0.1) is 19.3 Å². The van der Waals surface area contributed by atoms with Gasteiger partial charge in [0.2, 0.25) is 0 Å². The van der Waals surface area contributed by atoms with Crippen molar-refractivity contribution in [1.29, 1.82) is 0 Å². The van der Waals surface area contributed by atoms with Crippen LogP contribution >= 0.6 is 0 Å². The highest BCUT2D eigenvalue weighted by atomic mass is 16.5. The van der Waals surface area contributed by atoms with Gasteiger partial charge in [0.15, 0.2) is 0 Å². The van der Waals surface area contributed by atoms with Crippen molar-refractivity contribution in [3.8, 4) is 0 Å². The SMILES string of the molecule is C[C@@H]1CO[C@@H]2CCC[C@]12CO. The normalized spacial score (nSPS) is 49.6. The van der Waals surface area contributed by atoms with Gasteiger partial charge >= 0.3 is 0 Å². The molecule has 2 aliphatic rings. The van der Waals surface area contributed by atoms with Crippen molar-refractivity contribution in [3.05, 3.63) is 0 Å². The molecule has 11 heavy (non-hydrogen) atoms. The lowest BCUT2D eigenvalue weighted by atomic mass is 9.76. The molecular weight excluding hydrogens is 140 g/mol. The molecule has 3 atom stereocenters. The first-order valence-corrected chi connectivity index (χ1v) is 4.52. The molecule has 2 nitrogen and oxygen atoms in total. The van der Waals surface area contributed by atoms with E-state index in [9.17, 15) is 5.11 Å². The molecule has 2 heteroatoms. The summed E-state index contributed by atoms with van der Waals surface area (Å²) in [5, 5.41) is 9.32. The largest absolute Gasteiger partial charge is 0.396 e. The lowest BCUT2D eigenvalue weighted by molar-refractivity contribution is 0.0322. The minimum atomic E-state index is 0.139. The maximum absolute atomic E-state index is 9.32. The summed E-state index contributed by atoms with van der Waals surface area (Å²) in [7, 11) is 0. The van der Waals surface area contributed by atoms with Crippen molar-refractivity contribution in [2.75, 3.05) is 13.2 Å². The Kier molecular flexibility index (Phi) is 1.69. The fourth-order valence-corrected chi connectivity index (χ4v) is 2.64. The van der Waals surface area contributed by atoms with Crippen LogP contribution in [-0.4, -0.2) is 24.4 Å². The summed E-state index contributed by atoms with van der Waals surface area (Å²) < 4.78 is 5.62. The lowest BCUT2D eigenvalue weighted by Crippen LogP contribution is -2.34. The average molecular weight is 156 g/mol. The van der Waals surface area contributed by atoms with Gasteiger partial charge in [-0.2, -0.15) is 0 Å². The summed E-state index contributed by atoms with van der Waals surface area (Å²) in [4.78, 5) is 0. The molecule has 1 heterocycles. The number of hydrogen-bond acceptors (Lipinski definition) is 2. The molecule has 0 unspecified atom stereocenters. The van der Waals surface area contributed by atoms with Gasteiger partial charge in [-0.25, -0.2) is 0 Å². The van der Waals surface area contributed by atoms with Crippen LogP contribution < -0.4 is 0 Å². The summed E-state index contributed by atoms with van der Waals surface area (Å²) in [5.74, 6) is 0.556. The molecule has 1 N–H and O–H groups in total. The molecular formula is C9H16O2. The van der Waals surface area contributed by atoms with E-state index in [2.05, 4.69) is 6.92 Å². The van der Waals surface area contributed by atoms with Crippen molar-refractivity contribution >= 4 is 0 Å². The average Bonchev–Trinajstić information content (AvgIpc) is 2.53. The molecule has 0 aromatic rings. The van der Waals surface area contributed by atoms with Gasteiger partial charge in [-0.3, -0.25) is 0 Å². The highest BCUT2D eigenvalue weighted by molar-refractivity contribution is 4.99. The molecule has 0 amide bonds. The van der Waals surface area contributed by atoms with Crippen LogP contribution in [0, 0.1) is 11.3 Å². The van der Waals surface area contributed by atoms with Gasteiger partial charge in [-0.15, -0.1) is 0 Å². The maximum Gasteiger partial charge on any atom is 0.0656 e. The molecule has 1 saturated carbocycles. The van der Waals surface area contributed by atoms with Crippen LogP contribution in [-0.2, 0) is 4.74 Å². The lowest BCUT2D eigenvalue weighted by Gasteiger charge is -2.29. The first-order valence-electron chi connectivity index (χ1n) is 4.52. The Morgan fingerprint density at radius 3 is 3.09 bits per heavy atom. The van der Waals surface area contributed by atoms with Crippen LogP contribution in [0.3, 0.4) is 0 Å². The van der Waals surface area contributed by atoms with E-state index in [1.807, 2.05) is 0 Å². The molecule has 64 valence electrons. The molecule has 1 aliphatic heterocycles. The predicted octanol–water partition coefficient (Wildman–Crippen LogP) is 1.18. The zero-order valence-electron chi connectivity index (χ0n) is 7.05. The van der Waals surface area contributed by atoms with E-state index >= 15 is 0 Å². The van der Waals surface area contributed by atoms with Crippen molar-refractivity contribution < 1.29 is 9.84 Å². The molecule has 0 radical (unpaired) electrons. The van der Waals surface area contributed by atoms with Crippen molar-refractivity contribution in [2.24, 2.45) is 11.3 Å². The van der Waals surface area contributed by atoms with E-state index in [4.69, 9.17) is 4.74 Å². The molecule has 1 aliphatic carbocycles. The monoisotopic (exact) mass is 156 g/mol. The number of aliphatic hydroxyl groups is 1. The molecule has 0 aromatic heterocycles. The summed E-state index contributed by atoms with van der Waals surface area (Å²) in [6.45, 7) is 3.37. The molecule has 0 bridgehead atoms. The zero-order valence-corrected chi connectivity index (χ0v) is 7.05. The van der Waals surface area contributed by atoms with Gasteiger partial charge in [-0.1, -0.05) is 13.3 Å². The van der Waals surface area contributed by atoms with Crippen LogP contribution in [0.1, 0.15) is 26.2 Å². The van der Waals surface area contributed by atoms with Crippen LogP contribution in [0.5, 0.6) is 0 Å². The second-order valence-corrected chi connectivity index (χ2v) is 4.01. The molecule has 1 saturated heterocycles. The van der Waals surface area contributed by atoms with E-state index in [1.54, 1.807) is 0 Å². The fraction of sp³-hybridized carbons (Fsp3) is 1.00. The highest BCUT2D eigenvalue weighted by Gasteiger charge is 2.51. The fourth-order valence-electron chi connectivity index (χ4n) is 2.64. The smallest absolute Gasteiger partial charge is 0.0656 e. The summed E-state index contributed by atoms with van der Waals surface area (Å²) in [5.41, 5.74) is 0.139. The Hall–Kier alpha value is -0.0800. The third-order valence-electron chi connectivity index (χ3n) is 3.57. The summed E-state index contributed by atoms with van der Waals surface area (Å²) in [6, 6.07) is 0. The van der Waals surface area contributed by atoms with E-state index in [0.29, 0.717) is 18.6 Å². The summed E-state index contributed by atoms with van der Waals surface area (Å²) >= 11 is 0. The Morgan fingerprint density at radius 1 is 1.64 bits per heavy atom. The first kappa shape index (κ1) is 7.56. The Bertz CT molecular complexity index is 158. The van der Waals surface area contributed by atoms with Gasteiger partial charge in [-0.05, 0) is 18.8 Å². The third-order valence-corrected chi connectivity index (χ3v) is 3.57. The molecule has 0 aromatic carbocycles. The van der Waals surface area contributed by atoms with Crippen molar-refractivity contribution in [3.63, 3.8) is 0 Å². The van der Waals surface area contributed by atoms with Gasteiger partial charge in [0, 0.05) is 5.41 Å². The maximum atomic E-state index is 9.32. The van der Waals surface area contributed by atoms with E-state index in [1.165, 1.54) is 6.42 Å². The Labute approximate surface area is 67.6 Å². The van der Waals surface area contributed by atoms with Crippen LogP contribution in [0.4, 0.5) is 0 Å². The van der Waals surface area contributed by atoms with E-state index < -0.39 is 0 Å². The van der Waals surface area contributed by atoms with Gasteiger partial charge in [0.1, 0.15) is 0 Å². The van der Waals surface area contributed by atoms with Crippen LogP contribution in [0.15, 0.2) is 0 Å². The predicted molar refractivity (Wildman–Crippen MR) is 42.3 cm³/mol. The van der Waals surface area contributed by atoms with Crippen molar-refractivity contribution in [1.82, 2.24) is 0 Å². The quantitative estimate of drug-likeness (QED) is 0.618. The second-order valence-electron chi connectivity index (χ2n) is 4.01. The molecule has 2 fully saturated rings. The molecule has 2 rings (SSSR count). The minimum Gasteiger partial charge on any atom is -0.396 e. The third kappa shape index (κ3) is 0.859. The Morgan fingerprint density at radius 2 is 2.45 bits per heavy atom. The van der Waals surface area contributed by atoms with Crippen molar-refractivity contribution in [2.45, 2.75) is 32.3 Å². The van der Waals surface area contributed by atoms with E-state index in [0.717, 1.165) is 19.4 Å². The summed E-state index contributed by atoms with van der Waals surface area (Å²) in [6.07, 6.45) is 3.91. The minimum absolute atomic E-state index is 0.139. The van der Waals surface area contributed by atoms with Gasteiger partial charge < -0.3 is 9.84 Å². The number of rotatable bonds is 1. The van der Waals surface area contributed by atoms with Crippen LogP contribution in [0.25, 0.3) is 0 Å². The molecule has 0 spiro atoms. The highest BCUT2D eigenvalue weighted by Crippen LogP contribution is 2.50. The number of hydrogen-bond donors (Lipinski definition) is 1. The van der Waals surface area contributed by atoms with Crippen LogP contribution in [0.2, 0.25) is 0 Å². The standard InChI is InChI=1S/C9H16O2/c1-7-5-11-8-3-2-4-9(7,8)6-10/h7-8,10H,2-6H2,1H3/t7-,8-,9+/m1/s1. The van der Waals surface area contributed by atoms with Gasteiger partial charge in [0.25, 0.3) is 0 Å².